The van der Waals surface area contributed by atoms with Crippen molar-refractivity contribution in [3.63, 3.8) is 0 Å². The van der Waals surface area contributed by atoms with Gasteiger partial charge in [-0.2, -0.15) is 0 Å². The molecule has 0 spiro atoms. The molecule has 0 bridgehead atoms. The van der Waals surface area contributed by atoms with Gasteiger partial charge in [-0.25, -0.2) is 0 Å². The molecule has 4 nitrogen and oxygen atoms in total. The Bertz CT molecular complexity index is 542. The number of aliphatic hydroxyl groups is 1. The summed E-state index contributed by atoms with van der Waals surface area (Å²) in [7, 11) is 0. The normalized spacial score (nSPS) is 13.7. The molecular formula is C16H17NO3. The number of benzene rings is 2. The summed E-state index contributed by atoms with van der Waals surface area (Å²) in [5.41, 5.74) is 1.60. The summed E-state index contributed by atoms with van der Waals surface area (Å²) in [6.07, 6.45) is -0.807. The van der Waals surface area contributed by atoms with Crippen molar-refractivity contribution >= 4 is 5.97 Å². The summed E-state index contributed by atoms with van der Waals surface area (Å²) < 4.78 is 0. The monoisotopic (exact) mass is 271 g/mol. The van der Waals surface area contributed by atoms with Crippen LogP contribution in [0.1, 0.15) is 23.3 Å². The van der Waals surface area contributed by atoms with Crippen molar-refractivity contribution in [3.8, 4) is 0 Å². The lowest BCUT2D eigenvalue weighted by molar-refractivity contribution is -0.136. The van der Waals surface area contributed by atoms with Crippen molar-refractivity contribution in [2.24, 2.45) is 0 Å². The smallest absolute Gasteiger partial charge is 0.317 e. The summed E-state index contributed by atoms with van der Waals surface area (Å²) in [4.78, 5) is 10.8. The van der Waals surface area contributed by atoms with Gasteiger partial charge < -0.3 is 10.2 Å². The van der Waals surface area contributed by atoms with Crippen molar-refractivity contribution in [3.05, 3.63) is 71.8 Å². The van der Waals surface area contributed by atoms with Gasteiger partial charge in [-0.05, 0) is 11.1 Å². The van der Waals surface area contributed by atoms with E-state index in [1.807, 2.05) is 60.7 Å². The van der Waals surface area contributed by atoms with Gasteiger partial charge in [0.05, 0.1) is 18.7 Å². The lowest BCUT2D eigenvalue weighted by Gasteiger charge is -2.24. The molecule has 2 unspecified atom stereocenters. The van der Waals surface area contributed by atoms with Gasteiger partial charge in [0.1, 0.15) is 0 Å². The zero-order valence-electron chi connectivity index (χ0n) is 10.9. The summed E-state index contributed by atoms with van der Waals surface area (Å²) in [5.74, 6) is -0.953. The van der Waals surface area contributed by atoms with Gasteiger partial charge in [0, 0.05) is 0 Å². The standard InChI is InChI=1S/C16H17NO3/c18-14(19)11-17-15(12-7-3-1-4-8-12)16(20)13-9-5-2-6-10-13/h1-10,15-17,20H,11H2,(H,18,19). The number of carboxylic acids is 1. The van der Waals surface area contributed by atoms with Crippen molar-refractivity contribution in [1.82, 2.24) is 5.32 Å². The Labute approximate surface area is 117 Å². The van der Waals surface area contributed by atoms with Gasteiger partial charge in [0.2, 0.25) is 0 Å². The predicted octanol–water partition coefficient (Wildman–Crippen LogP) is 2.14. The SMILES string of the molecule is O=C(O)CNC(c1ccccc1)C(O)c1ccccc1. The highest BCUT2D eigenvalue weighted by molar-refractivity contribution is 5.69. The third-order valence-electron chi connectivity index (χ3n) is 3.09. The fraction of sp³-hybridized carbons (Fsp3) is 0.188. The maximum atomic E-state index is 10.8. The molecule has 3 N–H and O–H groups in total. The van der Waals surface area contributed by atoms with Crippen molar-refractivity contribution in [2.75, 3.05) is 6.54 Å². The van der Waals surface area contributed by atoms with Gasteiger partial charge in [-0.15, -0.1) is 0 Å². The molecule has 20 heavy (non-hydrogen) atoms. The van der Waals surface area contributed by atoms with Gasteiger partial charge in [0.25, 0.3) is 0 Å². The number of aliphatic carboxylic acids is 1. The zero-order chi connectivity index (χ0) is 14.4. The molecule has 0 aromatic heterocycles. The van der Waals surface area contributed by atoms with Crippen LogP contribution in [0.4, 0.5) is 0 Å². The third kappa shape index (κ3) is 3.66. The Morgan fingerprint density at radius 1 is 0.950 bits per heavy atom. The molecule has 2 aromatic carbocycles. The fourth-order valence-corrected chi connectivity index (χ4v) is 2.11. The average Bonchev–Trinajstić information content (AvgIpc) is 2.49. The maximum Gasteiger partial charge on any atom is 0.317 e. The molecule has 104 valence electrons. The summed E-state index contributed by atoms with van der Waals surface area (Å²) in [6.45, 7) is -0.205. The molecule has 0 amide bonds. The summed E-state index contributed by atoms with van der Waals surface area (Å²) >= 11 is 0. The number of rotatable bonds is 6. The van der Waals surface area contributed by atoms with E-state index in [1.54, 1.807) is 0 Å². The molecule has 0 saturated carbocycles. The van der Waals surface area contributed by atoms with Gasteiger partial charge >= 0.3 is 5.97 Å². The van der Waals surface area contributed by atoms with Gasteiger partial charge in [0.15, 0.2) is 0 Å². The molecule has 2 aromatic rings. The van der Waals surface area contributed by atoms with Crippen LogP contribution >= 0.6 is 0 Å². The largest absolute Gasteiger partial charge is 0.480 e. The highest BCUT2D eigenvalue weighted by Crippen LogP contribution is 2.28. The highest BCUT2D eigenvalue weighted by Gasteiger charge is 2.22. The van der Waals surface area contributed by atoms with E-state index >= 15 is 0 Å². The lowest BCUT2D eigenvalue weighted by Crippen LogP contribution is -2.31. The van der Waals surface area contributed by atoms with E-state index < -0.39 is 18.1 Å². The fourth-order valence-electron chi connectivity index (χ4n) is 2.11. The molecule has 0 heterocycles. The maximum absolute atomic E-state index is 10.8. The van der Waals surface area contributed by atoms with Crippen LogP contribution in [-0.2, 0) is 4.79 Å². The first-order valence-electron chi connectivity index (χ1n) is 6.41. The minimum Gasteiger partial charge on any atom is -0.480 e. The molecule has 0 saturated heterocycles. The molecule has 0 radical (unpaired) electrons. The van der Waals surface area contributed by atoms with Crippen LogP contribution in [0.3, 0.4) is 0 Å². The predicted molar refractivity (Wildman–Crippen MR) is 76.2 cm³/mol. The van der Waals surface area contributed by atoms with Crippen LogP contribution in [0.5, 0.6) is 0 Å². The van der Waals surface area contributed by atoms with Gasteiger partial charge in [-0.1, -0.05) is 60.7 Å². The first kappa shape index (κ1) is 14.2. The Kier molecular flexibility index (Phi) is 4.87. The van der Waals surface area contributed by atoms with E-state index in [-0.39, 0.29) is 6.54 Å². The molecule has 0 aliphatic heterocycles. The van der Waals surface area contributed by atoms with E-state index in [1.165, 1.54) is 0 Å². The number of aliphatic hydroxyl groups excluding tert-OH is 1. The Morgan fingerprint density at radius 2 is 1.45 bits per heavy atom. The summed E-state index contributed by atoms with van der Waals surface area (Å²) in [5, 5.41) is 22.2. The number of nitrogens with one attached hydrogen (secondary N) is 1. The second-order valence-corrected chi connectivity index (χ2v) is 4.52. The van der Waals surface area contributed by atoms with Gasteiger partial charge in [-0.3, -0.25) is 10.1 Å². The lowest BCUT2D eigenvalue weighted by atomic mass is 9.96. The summed E-state index contributed by atoms with van der Waals surface area (Å²) in [6, 6.07) is 18.1. The van der Waals surface area contributed by atoms with E-state index in [0.717, 1.165) is 11.1 Å². The third-order valence-corrected chi connectivity index (χ3v) is 3.09. The molecular weight excluding hydrogens is 254 g/mol. The zero-order valence-corrected chi connectivity index (χ0v) is 10.9. The second kappa shape index (κ2) is 6.84. The quantitative estimate of drug-likeness (QED) is 0.753. The van der Waals surface area contributed by atoms with Crippen LogP contribution in [0.2, 0.25) is 0 Å². The number of hydrogen-bond donors (Lipinski definition) is 3. The average molecular weight is 271 g/mol. The molecule has 0 aliphatic rings. The molecule has 0 aliphatic carbocycles. The number of hydrogen-bond acceptors (Lipinski definition) is 3. The first-order chi connectivity index (χ1) is 9.68. The Balaban J connectivity index is 2.24. The molecule has 2 rings (SSSR count). The van der Waals surface area contributed by atoms with Crippen LogP contribution in [0, 0.1) is 0 Å². The van der Waals surface area contributed by atoms with E-state index in [2.05, 4.69) is 5.32 Å². The van der Waals surface area contributed by atoms with Crippen molar-refractivity contribution in [1.29, 1.82) is 0 Å². The van der Waals surface area contributed by atoms with Crippen LogP contribution in [0.15, 0.2) is 60.7 Å². The first-order valence-corrected chi connectivity index (χ1v) is 6.41. The minimum absolute atomic E-state index is 0.205. The topological polar surface area (TPSA) is 69.6 Å². The van der Waals surface area contributed by atoms with Crippen LogP contribution in [0.25, 0.3) is 0 Å². The number of carbonyl (C=O) groups is 1. The molecule has 2 atom stereocenters. The van der Waals surface area contributed by atoms with E-state index in [0.29, 0.717) is 0 Å². The Morgan fingerprint density at radius 3 is 1.95 bits per heavy atom. The number of carboxylic acid groups (broad SMARTS) is 1. The van der Waals surface area contributed by atoms with Crippen LogP contribution in [-0.4, -0.2) is 22.7 Å². The second-order valence-electron chi connectivity index (χ2n) is 4.52. The highest BCUT2D eigenvalue weighted by atomic mass is 16.4. The van der Waals surface area contributed by atoms with Crippen molar-refractivity contribution in [2.45, 2.75) is 12.1 Å². The van der Waals surface area contributed by atoms with Crippen molar-refractivity contribution < 1.29 is 15.0 Å². The van der Waals surface area contributed by atoms with E-state index in [4.69, 9.17) is 5.11 Å². The molecule has 4 heteroatoms. The van der Waals surface area contributed by atoms with Crippen LogP contribution < -0.4 is 5.32 Å². The molecule has 0 fully saturated rings. The Hall–Kier alpha value is -2.17. The minimum atomic E-state index is -0.953. The van der Waals surface area contributed by atoms with E-state index in [9.17, 15) is 9.90 Å².